The third-order valence-electron chi connectivity index (χ3n) is 4.06. The number of amides is 1. The number of nitrogens with one attached hydrogen (secondary N) is 1. The summed E-state index contributed by atoms with van der Waals surface area (Å²) in [6, 6.07) is 7.32. The van der Waals surface area contributed by atoms with Crippen LogP contribution in [0.3, 0.4) is 0 Å². The van der Waals surface area contributed by atoms with Crippen LogP contribution in [-0.2, 0) is 20.6 Å². The molecule has 108 valence electrons. The summed E-state index contributed by atoms with van der Waals surface area (Å²) in [5.74, 6) is -0.0414. The van der Waals surface area contributed by atoms with Crippen LogP contribution in [0.25, 0.3) is 0 Å². The number of carbonyl (C=O) groups excluding carboxylic acids is 1. The molecule has 2 atom stereocenters. The SMILES string of the molecule is Cc1ccc(CS(=O)(=O)N2CC[C@H]3NC(=O)C[C@@H]32)cc1. The van der Waals surface area contributed by atoms with Crippen LogP contribution in [0.15, 0.2) is 24.3 Å². The lowest BCUT2D eigenvalue weighted by Gasteiger charge is -2.22. The van der Waals surface area contributed by atoms with Crippen molar-refractivity contribution in [3.05, 3.63) is 35.4 Å². The number of aryl methyl sites for hydroxylation is 1. The summed E-state index contributed by atoms with van der Waals surface area (Å²) < 4.78 is 26.6. The third-order valence-corrected chi connectivity index (χ3v) is 5.93. The van der Waals surface area contributed by atoms with Crippen LogP contribution in [0.2, 0.25) is 0 Å². The number of fused-ring (bicyclic) bond motifs is 1. The Labute approximate surface area is 119 Å². The Bertz CT molecular complexity index is 624. The molecular formula is C14H18N2O3S. The minimum atomic E-state index is -3.36. The molecule has 2 heterocycles. The molecule has 5 nitrogen and oxygen atoms in total. The molecule has 0 unspecified atom stereocenters. The quantitative estimate of drug-likeness (QED) is 0.896. The van der Waals surface area contributed by atoms with Crippen molar-refractivity contribution in [2.45, 2.75) is 37.6 Å². The Kier molecular flexibility index (Phi) is 3.30. The molecule has 6 heteroatoms. The summed E-state index contributed by atoms with van der Waals surface area (Å²) in [5, 5.41) is 2.84. The summed E-state index contributed by atoms with van der Waals surface area (Å²) in [6.07, 6.45) is 1.00. The van der Waals surface area contributed by atoms with Gasteiger partial charge in [-0.2, -0.15) is 4.31 Å². The number of benzene rings is 1. The average Bonchev–Trinajstić information content (AvgIpc) is 2.90. The van der Waals surface area contributed by atoms with E-state index in [9.17, 15) is 13.2 Å². The largest absolute Gasteiger partial charge is 0.352 e. The van der Waals surface area contributed by atoms with Gasteiger partial charge in [0.15, 0.2) is 0 Å². The molecule has 1 aromatic carbocycles. The van der Waals surface area contributed by atoms with E-state index in [0.29, 0.717) is 13.0 Å². The smallest absolute Gasteiger partial charge is 0.221 e. The molecule has 1 amide bonds. The van der Waals surface area contributed by atoms with Crippen molar-refractivity contribution in [2.24, 2.45) is 0 Å². The highest BCUT2D eigenvalue weighted by Gasteiger charge is 2.46. The highest BCUT2D eigenvalue weighted by molar-refractivity contribution is 7.88. The fourth-order valence-corrected chi connectivity index (χ4v) is 4.81. The molecule has 2 aliphatic rings. The predicted molar refractivity (Wildman–Crippen MR) is 75.5 cm³/mol. The van der Waals surface area contributed by atoms with Crippen molar-refractivity contribution >= 4 is 15.9 Å². The fourth-order valence-electron chi connectivity index (χ4n) is 3.02. The van der Waals surface area contributed by atoms with Gasteiger partial charge >= 0.3 is 0 Å². The zero-order chi connectivity index (χ0) is 14.3. The lowest BCUT2D eigenvalue weighted by atomic mass is 10.1. The van der Waals surface area contributed by atoms with Gasteiger partial charge in [0, 0.05) is 19.0 Å². The minimum absolute atomic E-state index is 0.00436. The van der Waals surface area contributed by atoms with Gasteiger partial charge in [-0.25, -0.2) is 8.42 Å². The second-order valence-electron chi connectivity index (χ2n) is 5.59. The summed E-state index contributed by atoms with van der Waals surface area (Å²) >= 11 is 0. The molecule has 1 N–H and O–H groups in total. The highest BCUT2D eigenvalue weighted by Crippen LogP contribution is 2.29. The molecule has 0 radical (unpaired) electrons. The molecule has 0 aliphatic carbocycles. The molecule has 0 aromatic heterocycles. The topological polar surface area (TPSA) is 66.5 Å². The summed E-state index contributed by atoms with van der Waals surface area (Å²) in [4.78, 5) is 11.4. The molecule has 3 rings (SSSR count). The molecule has 20 heavy (non-hydrogen) atoms. The van der Waals surface area contributed by atoms with Crippen LogP contribution >= 0.6 is 0 Å². The zero-order valence-corrected chi connectivity index (χ0v) is 12.2. The second-order valence-corrected chi connectivity index (χ2v) is 7.51. The Hall–Kier alpha value is -1.40. The lowest BCUT2D eigenvalue weighted by Crippen LogP contribution is -2.39. The number of hydrogen-bond donors (Lipinski definition) is 1. The van der Waals surface area contributed by atoms with E-state index in [1.54, 1.807) is 0 Å². The maximum atomic E-state index is 12.5. The molecule has 0 bridgehead atoms. The second kappa shape index (κ2) is 4.86. The zero-order valence-electron chi connectivity index (χ0n) is 11.4. The van der Waals surface area contributed by atoms with Crippen LogP contribution < -0.4 is 5.32 Å². The first-order chi connectivity index (χ1) is 9.45. The van der Waals surface area contributed by atoms with E-state index < -0.39 is 10.0 Å². The van der Waals surface area contributed by atoms with Crippen LogP contribution in [0, 0.1) is 6.92 Å². The van der Waals surface area contributed by atoms with Crippen LogP contribution in [0.1, 0.15) is 24.0 Å². The van der Waals surface area contributed by atoms with Gasteiger partial charge in [0.1, 0.15) is 0 Å². The molecular weight excluding hydrogens is 276 g/mol. The van der Waals surface area contributed by atoms with Crippen molar-refractivity contribution in [2.75, 3.05) is 6.54 Å². The van der Waals surface area contributed by atoms with Crippen molar-refractivity contribution < 1.29 is 13.2 Å². The summed E-state index contributed by atoms with van der Waals surface area (Å²) in [5.41, 5.74) is 1.90. The Morgan fingerprint density at radius 2 is 2.00 bits per heavy atom. The maximum Gasteiger partial charge on any atom is 0.221 e. The van der Waals surface area contributed by atoms with Gasteiger partial charge in [-0.05, 0) is 18.9 Å². The summed E-state index contributed by atoms with van der Waals surface area (Å²) in [6.45, 7) is 2.48. The van der Waals surface area contributed by atoms with E-state index in [2.05, 4.69) is 5.32 Å². The van der Waals surface area contributed by atoms with Gasteiger partial charge in [0.25, 0.3) is 0 Å². The van der Waals surface area contributed by atoms with Crippen LogP contribution in [0.4, 0.5) is 0 Å². The van der Waals surface area contributed by atoms with E-state index >= 15 is 0 Å². The number of hydrogen-bond acceptors (Lipinski definition) is 3. The highest BCUT2D eigenvalue weighted by atomic mass is 32.2. The van der Waals surface area contributed by atoms with E-state index in [1.807, 2.05) is 31.2 Å². The first-order valence-corrected chi connectivity index (χ1v) is 8.41. The van der Waals surface area contributed by atoms with Gasteiger partial charge in [-0.3, -0.25) is 4.79 Å². The fraction of sp³-hybridized carbons (Fsp3) is 0.500. The van der Waals surface area contributed by atoms with E-state index in [1.165, 1.54) is 4.31 Å². The van der Waals surface area contributed by atoms with E-state index in [0.717, 1.165) is 11.1 Å². The van der Waals surface area contributed by atoms with Crippen LogP contribution in [-0.4, -0.2) is 37.3 Å². The number of nitrogens with zero attached hydrogens (tertiary/aromatic N) is 1. The predicted octanol–water partition coefficient (Wildman–Crippen LogP) is 0.788. The molecule has 1 aromatic rings. The van der Waals surface area contributed by atoms with Gasteiger partial charge in [-0.15, -0.1) is 0 Å². The maximum absolute atomic E-state index is 12.5. The Balaban J connectivity index is 1.78. The molecule has 2 saturated heterocycles. The van der Waals surface area contributed by atoms with Gasteiger partial charge < -0.3 is 5.32 Å². The average molecular weight is 294 g/mol. The Morgan fingerprint density at radius 1 is 1.30 bits per heavy atom. The standard InChI is InChI=1S/C14H18N2O3S/c1-10-2-4-11(5-3-10)9-20(18,19)16-7-6-12-13(16)8-14(17)15-12/h2-5,12-13H,6-9H2,1H3,(H,15,17)/t12-,13+/m1/s1. The van der Waals surface area contributed by atoms with Crippen molar-refractivity contribution in [1.82, 2.24) is 9.62 Å². The molecule has 0 saturated carbocycles. The number of sulfonamides is 1. The lowest BCUT2D eigenvalue weighted by molar-refractivity contribution is -0.119. The van der Waals surface area contributed by atoms with Crippen molar-refractivity contribution in [3.63, 3.8) is 0 Å². The van der Waals surface area contributed by atoms with Crippen molar-refractivity contribution in [1.29, 1.82) is 0 Å². The van der Waals surface area contributed by atoms with Gasteiger partial charge in [0.05, 0.1) is 11.8 Å². The normalized spacial score (nSPS) is 26.6. The summed E-state index contributed by atoms with van der Waals surface area (Å²) in [7, 11) is -3.36. The van der Waals surface area contributed by atoms with E-state index in [-0.39, 0.29) is 30.2 Å². The number of carbonyl (C=O) groups is 1. The Morgan fingerprint density at radius 3 is 2.70 bits per heavy atom. The monoisotopic (exact) mass is 294 g/mol. The molecule has 2 aliphatic heterocycles. The first-order valence-electron chi connectivity index (χ1n) is 6.80. The van der Waals surface area contributed by atoms with E-state index in [4.69, 9.17) is 0 Å². The van der Waals surface area contributed by atoms with Crippen LogP contribution in [0.5, 0.6) is 0 Å². The molecule has 2 fully saturated rings. The van der Waals surface area contributed by atoms with Gasteiger partial charge in [-0.1, -0.05) is 29.8 Å². The molecule has 0 spiro atoms. The number of rotatable bonds is 3. The first kappa shape index (κ1) is 13.6. The van der Waals surface area contributed by atoms with Crippen molar-refractivity contribution in [3.8, 4) is 0 Å². The minimum Gasteiger partial charge on any atom is -0.352 e. The third kappa shape index (κ3) is 2.45. The van der Waals surface area contributed by atoms with Gasteiger partial charge in [0.2, 0.25) is 15.9 Å².